The summed E-state index contributed by atoms with van der Waals surface area (Å²) in [6, 6.07) is 2.63. The topological polar surface area (TPSA) is 38.3 Å². The minimum atomic E-state index is -0.432. The van der Waals surface area contributed by atoms with Crippen LogP contribution in [0.1, 0.15) is 10.4 Å². The minimum absolute atomic E-state index is 0.238. The van der Waals surface area contributed by atoms with Crippen molar-refractivity contribution in [1.29, 1.82) is 0 Å². The molecule has 1 aromatic rings. The first-order valence-electron chi connectivity index (χ1n) is 4.08. The molecule has 0 aliphatic carbocycles. The second-order valence-corrected chi connectivity index (χ2v) is 3.72. The Balaban J connectivity index is 2.54. The number of hydrogen-bond donors (Lipinski definition) is 1. The highest BCUT2D eigenvalue weighted by Gasteiger charge is 2.18. The van der Waals surface area contributed by atoms with Gasteiger partial charge in [-0.25, -0.2) is 4.39 Å². The van der Waals surface area contributed by atoms with Crippen molar-refractivity contribution >= 4 is 21.8 Å². The highest BCUT2D eigenvalue weighted by Crippen LogP contribution is 2.27. The molecule has 0 bridgehead atoms. The van der Waals surface area contributed by atoms with Crippen molar-refractivity contribution in [2.24, 2.45) is 0 Å². The summed E-state index contributed by atoms with van der Waals surface area (Å²) >= 11 is 3.02. The van der Waals surface area contributed by atoms with Crippen LogP contribution in [0.25, 0.3) is 0 Å². The number of nitrogens with one attached hydrogen (secondary N) is 1. The molecular weight excluding hydrogens is 253 g/mol. The molecular formula is C9H7BrFNO2. The van der Waals surface area contributed by atoms with Crippen LogP contribution in [0.5, 0.6) is 5.75 Å². The normalized spacial score (nSPS) is 15.1. The lowest BCUT2D eigenvalue weighted by Crippen LogP contribution is -2.24. The van der Waals surface area contributed by atoms with Gasteiger partial charge in [0.05, 0.1) is 16.6 Å². The van der Waals surface area contributed by atoms with Crippen molar-refractivity contribution in [1.82, 2.24) is 5.32 Å². The first-order valence-corrected chi connectivity index (χ1v) is 4.88. The maximum Gasteiger partial charge on any atom is 0.255 e. The number of halogens is 2. The van der Waals surface area contributed by atoms with Gasteiger partial charge in [-0.1, -0.05) is 0 Å². The van der Waals surface area contributed by atoms with Gasteiger partial charge in [-0.3, -0.25) is 4.79 Å². The van der Waals surface area contributed by atoms with E-state index in [2.05, 4.69) is 21.2 Å². The molecule has 0 atom stereocenters. The van der Waals surface area contributed by atoms with Crippen molar-refractivity contribution in [3.05, 3.63) is 28.0 Å². The third kappa shape index (κ3) is 1.59. The second kappa shape index (κ2) is 3.57. The van der Waals surface area contributed by atoms with E-state index >= 15 is 0 Å². The van der Waals surface area contributed by atoms with E-state index in [0.717, 1.165) is 0 Å². The summed E-state index contributed by atoms with van der Waals surface area (Å²) in [7, 11) is 0. The van der Waals surface area contributed by atoms with E-state index < -0.39 is 5.82 Å². The molecule has 1 heterocycles. The third-order valence-corrected chi connectivity index (χ3v) is 2.52. The van der Waals surface area contributed by atoms with Gasteiger partial charge in [0.15, 0.2) is 0 Å². The molecule has 0 fully saturated rings. The molecule has 0 unspecified atom stereocenters. The number of carbonyl (C=O) groups excluding carboxylic acids is 1. The molecule has 1 N–H and O–H groups in total. The fourth-order valence-electron chi connectivity index (χ4n) is 1.25. The van der Waals surface area contributed by atoms with Gasteiger partial charge in [0.1, 0.15) is 18.2 Å². The summed E-state index contributed by atoms with van der Waals surface area (Å²) in [5, 5.41) is 2.64. The largest absolute Gasteiger partial charge is 0.491 e. The lowest BCUT2D eigenvalue weighted by Gasteiger charge is -2.05. The van der Waals surface area contributed by atoms with Crippen molar-refractivity contribution < 1.29 is 13.9 Å². The fourth-order valence-corrected chi connectivity index (χ4v) is 1.59. The lowest BCUT2D eigenvalue weighted by molar-refractivity contribution is 0.0957. The van der Waals surface area contributed by atoms with E-state index in [9.17, 15) is 9.18 Å². The summed E-state index contributed by atoms with van der Waals surface area (Å²) in [6.07, 6.45) is 0. The highest BCUT2D eigenvalue weighted by molar-refractivity contribution is 9.10. The predicted molar refractivity (Wildman–Crippen MR) is 51.9 cm³/mol. The van der Waals surface area contributed by atoms with E-state index in [-0.39, 0.29) is 10.4 Å². The van der Waals surface area contributed by atoms with Crippen LogP contribution in [0.15, 0.2) is 16.6 Å². The Morgan fingerprint density at radius 3 is 3.07 bits per heavy atom. The van der Waals surface area contributed by atoms with Crippen LogP contribution < -0.4 is 10.1 Å². The van der Waals surface area contributed by atoms with Gasteiger partial charge in [-0.2, -0.15) is 0 Å². The highest BCUT2D eigenvalue weighted by atomic mass is 79.9. The first-order chi connectivity index (χ1) is 6.68. The first kappa shape index (κ1) is 9.45. The molecule has 0 saturated heterocycles. The van der Waals surface area contributed by atoms with Gasteiger partial charge in [0.2, 0.25) is 0 Å². The summed E-state index contributed by atoms with van der Waals surface area (Å²) in [5.74, 6) is -0.377. The van der Waals surface area contributed by atoms with Crippen LogP contribution in [0.3, 0.4) is 0 Å². The molecule has 0 saturated carbocycles. The van der Waals surface area contributed by atoms with Crippen molar-refractivity contribution in [3.63, 3.8) is 0 Å². The summed E-state index contributed by atoms with van der Waals surface area (Å²) < 4.78 is 18.6. The average molecular weight is 260 g/mol. The van der Waals surface area contributed by atoms with E-state index in [0.29, 0.717) is 24.5 Å². The van der Waals surface area contributed by atoms with Crippen molar-refractivity contribution in [2.75, 3.05) is 13.2 Å². The second-order valence-electron chi connectivity index (χ2n) is 2.87. The van der Waals surface area contributed by atoms with Gasteiger partial charge in [-0.15, -0.1) is 0 Å². The Bertz CT molecular complexity index is 395. The number of carbonyl (C=O) groups is 1. The zero-order valence-corrected chi connectivity index (χ0v) is 8.73. The van der Waals surface area contributed by atoms with E-state index in [1.165, 1.54) is 12.1 Å². The Kier molecular flexibility index (Phi) is 2.41. The molecule has 5 heteroatoms. The molecule has 1 aliphatic heterocycles. The average Bonchev–Trinajstić information content (AvgIpc) is 2.31. The Morgan fingerprint density at radius 1 is 1.50 bits per heavy atom. The van der Waals surface area contributed by atoms with Crippen molar-refractivity contribution in [2.45, 2.75) is 0 Å². The maximum atomic E-state index is 13.1. The zero-order chi connectivity index (χ0) is 10.1. The standard InChI is InChI=1S/C9H7BrFNO2/c10-6-3-5-8(4-7(6)11)14-2-1-12-9(5)13/h3-4H,1-2H2,(H,12,13). The summed E-state index contributed by atoms with van der Waals surface area (Å²) in [5.41, 5.74) is 0.357. The van der Waals surface area contributed by atoms with Gasteiger partial charge >= 0.3 is 0 Å². The number of hydrogen-bond acceptors (Lipinski definition) is 2. The van der Waals surface area contributed by atoms with Crippen LogP contribution in [-0.2, 0) is 0 Å². The van der Waals surface area contributed by atoms with Crippen LogP contribution in [0, 0.1) is 5.82 Å². The number of ether oxygens (including phenoxy) is 1. The molecule has 14 heavy (non-hydrogen) atoms. The number of rotatable bonds is 0. The third-order valence-electron chi connectivity index (χ3n) is 1.91. The Hall–Kier alpha value is -1.10. The molecule has 74 valence electrons. The molecule has 3 nitrogen and oxygen atoms in total. The van der Waals surface area contributed by atoms with Gasteiger partial charge in [0.25, 0.3) is 5.91 Å². The van der Waals surface area contributed by atoms with Crippen LogP contribution >= 0.6 is 15.9 Å². The molecule has 1 aliphatic rings. The molecule has 0 radical (unpaired) electrons. The van der Waals surface area contributed by atoms with E-state index in [4.69, 9.17) is 4.74 Å². The predicted octanol–water partition coefficient (Wildman–Crippen LogP) is 1.71. The van der Waals surface area contributed by atoms with Crippen LogP contribution in [0.4, 0.5) is 4.39 Å². The molecule has 0 spiro atoms. The smallest absolute Gasteiger partial charge is 0.255 e. The zero-order valence-electron chi connectivity index (χ0n) is 7.14. The fraction of sp³-hybridized carbons (Fsp3) is 0.222. The van der Waals surface area contributed by atoms with Crippen molar-refractivity contribution in [3.8, 4) is 5.75 Å². The molecule has 2 rings (SSSR count). The quantitative estimate of drug-likeness (QED) is 0.771. The van der Waals surface area contributed by atoms with Crippen LogP contribution in [-0.4, -0.2) is 19.1 Å². The summed E-state index contributed by atoms with van der Waals surface area (Å²) in [4.78, 5) is 11.4. The molecule has 0 aromatic heterocycles. The SMILES string of the molecule is O=C1NCCOc2cc(F)c(Br)cc21. The van der Waals surface area contributed by atoms with Crippen LogP contribution in [0.2, 0.25) is 0 Å². The van der Waals surface area contributed by atoms with Gasteiger partial charge in [0, 0.05) is 6.07 Å². The Labute approximate surface area is 88.4 Å². The summed E-state index contributed by atoms with van der Waals surface area (Å²) in [6.45, 7) is 0.798. The monoisotopic (exact) mass is 259 g/mol. The van der Waals surface area contributed by atoms with E-state index in [1.807, 2.05) is 0 Å². The molecule has 1 amide bonds. The number of fused-ring (bicyclic) bond motifs is 1. The maximum absolute atomic E-state index is 13.1. The molecule has 1 aromatic carbocycles. The number of amides is 1. The minimum Gasteiger partial charge on any atom is -0.491 e. The number of benzene rings is 1. The van der Waals surface area contributed by atoms with Gasteiger partial charge in [-0.05, 0) is 22.0 Å². The lowest BCUT2D eigenvalue weighted by atomic mass is 10.2. The van der Waals surface area contributed by atoms with Gasteiger partial charge < -0.3 is 10.1 Å². The Morgan fingerprint density at radius 2 is 2.29 bits per heavy atom. The van der Waals surface area contributed by atoms with E-state index in [1.54, 1.807) is 0 Å².